The second kappa shape index (κ2) is 6.80. The fraction of sp³-hybridized carbons (Fsp3) is 0.840. The molecule has 1 heterocycles. The summed E-state index contributed by atoms with van der Waals surface area (Å²) in [4.78, 5) is 23.2. The van der Waals surface area contributed by atoms with E-state index in [2.05, 4.69) is 13.8 Å². The number of carbonyl (C=O) groups excluding carboxylic acids is 2. The van der Waals surface area contributed by atoms with Gasteiger partial charge in [-0.15, -0.1) is 0 Å². The van der Waals surface area contributed by atoms with E-state index in [9.17, 15) is 19.8 Å². The number of fused-ring (bicyclic) bond motifs is 5. The third kappa shape index (κ3) is 2.83. The van der Waals surface area contributed by atoms with Gasteiger partial charge in [-0.1, -0.05) is 13.8 Å². The van der Waals surface area contributed by atoms with Crippen LogP contribution in [0.3, 0.4) is 0 Å². The van der Waals surface area contributed by atoms with Crippen LogP contribution in [-0.4, -0.2) is 46.1 Å². The summed E-state index contributed by atoms with van der Waals surface area (Å²) in [6, 6.07) is 0. The van der Waals surface area contributed by atoms with E-state index in [1.807, 2.05) is 0 Å². The molecule has 2 N–H and O–H groups in total. The zero-order chi connectivity index (χ0) is 22.2. The lowest BCUT2D eigenvalue weighted by molar-refractivity contribution is -0.256. The van der Waals surface area contributed by atoms with Crippen molar-refractivity contribution in [2.45, 2.75) is 95.9 Å². The fourth-order valence-corrected chi connectivity index (χ4v) is 8.70. The van der Waals surface area contributed by atoms with Gasteiger partial charge in [0.05, 0.1) is 11.2 Å². The van der Waals surface area contributed by atoms with Crippen molar-refractivity contribution >= 4 is 11.9 Å². The van der Waals surface area contributed by atoms with Gasteiger partial charge in [0, 0.05) is 24.8 Å². The van der Waals surface area contributed by atoms with Gasteiger partial charge >= 0.3 is 11.9 Å². The lowest BCUT2D eigenvalue weighted by Crippen LogP contribution is -2.67. The first-order valence-electron chi connectivity index (χ1n) is 12.0. The molecule has 1 aliphatic heterocycles. The minimum Gasteiger partial charge on any atom is -0.462 e. The Morgan fingerprint density at radius 3 is 2.42 bits per heavy atom. The second-order valence-corrected chi connectivity index (χ2v) is 11.5. The average molecular weight is 433 g/mol. The van der Waals surface area contributed by atoms with Gasteiger partial charge in [-0.05, 0) is 80.1 Å². The highest BCUT2D eigenvalue weighted by atomic mass is 16.5. The van der Waals surface area contributed by atoms with E-state index in [1.54, 1.807) is 6.08 Å². The molecule has 172 valence electrons. The minimum absolute atomic E-state index is 0.144. The molecule has 0 spiro atoms. The Balaban J connectivity index is 1.43. The van der Waals surface area contributed by atoms with E-state index in [4.69, 9.17) is 9.47 Å². The maximum Gasteiger partial charge on any atom is 0.331 e. The predicted molar refractivity (Wildman–Crippen MR) is 113 cm³/mol. The van der Waals surface area contributed by atoms with Crippen LogP contribution in [0.2, 0.25) is 0 Å². The van der Waals surface area contributed by atoms with Gasteiger partial charge in [0.25, 0.3) is 0 Å². The van der Waals surface area contributed by atoms with Gasteiger partial charge in [0.15, 0.2) is 0 Å². The molecule has 0 aromatic heterocycles. The molecule has 0 radical (unpaired) electrons. The molecule has 8 atom stereocenters. The van der Waals surface area contributed by atoms with Crippen LogP contribution in [0, 0.1) is 28.6 Å². The van der Waals surface area contributed by atoms with Gasteiger partial charge in [0.2, 0.25) is 0 Å². The van der Waals surface area contributed by atoms with Crippen molar-refractivity contribution in [3.63, 3.8) is 0 Å². The number of hydrogen-bond donors (Lipinski definition) is 2. The van der Waals surface area contributed by atoms with Gasteiger partial charge in [-0.2, -0.15) is 0 Å². The molecule has 0 saturated heterocycles. The predicted octanol–water partition coefficient (Wildman–Crippen LogP) is 3.29. The number of ether oxygens (including phenoxy) is 2. The molecule has 0 unspecified atom stereocenters. The molecule has 6 heteroatoms. The number of aliphatic hydroxyl groups is 2. The monoisotopic (exact) mass is 432 g/mol. The Hall–Kier alpha value is -1.40. The molecule has 31 heavy (non-hydrogen) atoms. The van der Waals surface area contributed by atoms with Crippen LogP contribution in [0.4, 0.5) is 0 Å². The molecule has 0 amide bonds. The lowest BCUT2D eigenvalue weighted by Gasteiger charge is -2.66. The third-order valence-corrected chi connectivity index (χ3v) is 10.4. The summed E-state index contributed by atoms with van der Waals surface area (Å²) in [5, 5.41) is 24.0. The van der Waals surface area contributed by atoms with Crippen molar-refractivity contribution in [2.75, 3.05) is 6.61 Å². The first-order chi connectivity index (χ1) is 14.5. The maximum absolute atomic E-state index is 12.2. The second-order valence-electron chi connectivity index (χ2n) is 11.5. The van der Waals surface area contributed by atoms with E-state index in [1.165, 1.54) is 6.92 Å². The zero-order valence-corrected chi connectivity index (χ0v) is 19.0. The Labute approximate surface area is 184 Å². The van der Waals surface area contributed by atoms with Crippen LogP contribution in [-0.2, 0) is 19.1 Å². The average Bonchev–Trinajstić information content (AvgIpc) is 3.22. The lowest BCUT2D eigenvalue weighted by atomic mass is 9.42. The van der Waals surface area contributed by atoms with Crippen LogP contribution < -0.4 is 0 Å². The molecule has 0 aromatic rings. The van der Waals surface area contributed by atoms with Gasteiger partial charge in [0.1, 0.15) is 12.7 Å². The standard InChI is InChI=1S/C25H36O6/c1-15(26)31-17-4-8-22(2)19-5-9-23(3)18(16-12-21(27)30-14-16)7-11-25(23,29)20(19)6-10-24(22,28)13-17/h12,17-20,28-29H,4-11,13-14H2,1-3H3/t17-,18-,19+,20-,22-,23-,24-,25-/m1/s1. The topological polar surface area (TPSA) is 93.1 Å². The number of rotatable bonds is 2. The summed E-state index contributed by atoms with van der Waals surface area (Å²) in [5.41, 5.74) is -1.16. The zero-order valence-electron chi connectivity index (χ0n) is 19.0. The van der Waals surface area contributed by atoms with Crippen molar-refractivity contribution < 1.29 is 29.3 Å². The first-order valence-corrected chi connectivity index (χ1v) is 12.0. The van der Waals surface area contributed by atoms with E-state index in [-0.39, 0.29) is 46.6 Å². The summed E-state index contributed by atoms with van der Waals surface area (Å²) >= 11 is 0. The third-order valence-electron chi connectivity index (χ3n) is 10.4. The molecule has 4 saturated carbocycles. The van der Waals surface area contributed by atoms with Gasteiger partial charge in [-0.3, -0.25) is 4.79 Å². The highest BCUT2D eigenvalue weighted by Crippen LogP contribution is 2.70. The Morgan fingerprint density at radius 2 is 1.74 bits per heavy atom. The fourth-order valence-electron chi connectivity index (χ4n) is 8.70. The Bertz CT molecular complexity index is 836. The van der Waals surface area contributed by atoms with Gasteiger partial charge in [-0.25, -0.2) is 4.79 Å². The molecule has 6 nitrogen and oxygen atoms in total. The van der Waals surface area contributed by atoms with Crippen molar-refractivity contribution in [1.29, 1.82) is 0 Å². The molecule has 5 aliphatic rings. The van der Waals surface area contributed by atoms with Crippen molar-refractivity contribution in [3.8, 4) is 0 Å². The summed E-state index contributed by atoms with van der Waals surface area (Å²) in [6.07, 6.45) is 8.41. The maximum atomic E-state index is 12.2. The van der Waals surface area contributed by atoms with E-state index >= 15 is 0 Å². The van der Waals surface area contributed by atoms with Crippen LogP contribution in [0.15, 0.2) is 11.6 Å². The SMILES string of the molecule is CC(=O)O[C@@H]1CC[C@]2(C)[C@H]3CC[C@]4(C)[C@@H](C5=CC(=O)OC5)CC[C@@]4(O)[C@@H]3CC[C@@]2(O)C1. The highest BCUT2D eigenvalue weighted by molar-refractivity contribution is 5.85. The van der Waals surface area contributed by atoms with Crippen LogP contribution in [0.1, 0.15) is 78.6 Å². The largest absolute Gasteiger partial charge is 0.462 e. The Morgan fingerprint density at radius 1 is 1.03 bits per heavy atom. The summed E-state index contributed by atoms with van der Waals surface area (Å²) in [6.45, 7) is 6.21. The van der Waals surface area contributed by atoms with Crippen molar-refractivity contribution in [3.05, 3.63) is 11.6 Å². The molecular weight excluding hydrogens is 396 g/mol. The first kappa shape index (κ1) is 21.4. The van der Waals surface area contributed by atoms with Crippen molar-refractivity contribution in [1.82, 2.24) is 0 Å². The summed E-state index contributed by atoms with van der Waals surface area (Å²) in [5.74, 6) is 0.0252. The molecule has 0 aromatic carbocycles. The molecular formula is C25H36O6. The molecule has 0 bridgehead atoms. The number of hydrogen-bond acceptors (Lipinski definition) is 6. The minimum atomic E-state index is -0.858. The van der Waals surface area contributed by atoms with E-state index in [0.29, 0.717) is 19.4 Å². The molecule has 5 rings (SSSR count). The number of cyclic esters (lactones) is 1. The van der Waals surface area contributed by atoms with Gasteiger partial charge < -0.3 is 19.7 Å². The van der Waals surface area contributed by atoms with Crippen LogP contribution in [0.5, 0.6) is 0 Å². The van der Waals surface area contributed by atoms with Crippen LogP contribution >= 0.6 is 0 Å². The quantitative estimate of drug-likeness (QED) is 0.651. The normalized spacial score (nSPS) is 51.3. The van der Waals surface area contributed by atoms with E-state index in [0.717, 1.165) is 50.5 Å². The molecule has 4 aliphatic carbocycles. The summed E-state index contributed by atoms with van der Waals surface area (Å²) < 4.78 is 10.7. The Kier molecular flexibility index (Phi) is 4.70. The summed E-state index contributed by atoms with van der Waals surface area (Å²) in [7, 11) is 0. The van der Waals surface area contributed by atoms with E-state index < -0.39 is 11.2 Å². The highest BCUT2D eigenvalue weighted by Gasteiger charge is 2.70. The van der Waals surface area contributed by atoms with Crippen LogP contribution in [0.25, 0.3) is 0 Å². The van der Waals surface area contributed by atoms with Crippen molar-refractivity contribution in [2.24, 2.45) is 28.6 Å². The smallest absolute Gasteiger partial charge is 0.331 e. The number of esters is 2. The number of carbonyl (C=O) groups is 2. The molecule has 4 fully saturated rings.